The molecule has 0 amide bonds. The summed E-state index contributed by atoms with van der Waals surface area (Å²) in [5, 5.41) is 0. The van der Waals surface area contributed by atoms with Gasteiger partial charge >= 0.3 is 0 Å². The van der Waals surface area contributed by atoms with Crippen molar-refractivity contribution in [3.8, 4) is 0 Å². The Bertz CT molecular complexity index is 402. The van der Waals surface area contributed by atoms with Crippen LogP contribution in [0, 0.1) is 5.92 Å². The Morgan fingerprint density at radius 2 is 1.32 bits per heavy atom. The zero-order valence-corrected chi connectivity index (χ0v) is 18.6. The molecule has 0 aliphatic carbocycles. The molecule has 1 aromatic carbocycles. The molecule has 1 aromatic rings. The molecule has 0 radical (unpaired) electrons. The highest BCUT2D eigenvalue weighted by molar-refractivity contribution is 9.10. The summed E-state index contributed by atoms with van der Waals surface area (Å²) in [7, 11) is 0. The van der Waals surface area contributed by atoms with Gasteiger partial charge in [-0.25, -0.2) is 0 Å². The summed E-state index contributed by atoms with van der Waals surface area (Å²) in [4.78, 5) is 0. The molecule has 0 aliphatic rings. The van der Waals surface area contributed by atoms with Gasteiger partial charge in [0.15, 0.2) is 0 Å². The second kappa shape index (κ2) is 14.8. The first kappa shape index (κ1) is 24.7. The number of hydrogen-bond donors (Lipinski definition) is 1. The Morgan fingerprint density at radius 3 is 1.84 bits per heavy atom. The van der Waals surface area contributed by atoms with Crippen molar-refractivity contribution in [3.05, 3.63) is 35.9 Å². The molecular weight excluding hydrogens is 370 g/mol. The molecule has 0 saturated carbocycles. The Morgan fingerprint density at radius 1 is 0.840 bits per heavy atom. The Balaban J connectivity index is 0.00000576. The summed E-state index contributed by atoms with van der Waals surface area (Å²) in [5.41, 5.74) is 1.44. The van der Waals surface area contributed by atoms with Crippen LogP contribution in [-0.2, 0) is 6.42 Å². The normalized spacial score (nSPS) is 14.6. The number of hydrogen-bond acceptors (Lipinski definition) is 1. The minimum absolute atomic E-state index is 0. The zero-order chi connectivity index (χ0) is 17.7. The van der Waals surface area contributed by atoms with Gasteiger partial charge in [-0.05, 0) is 31.2 Å². The van der Waals surface area contributed by atoms with Crippen LogP contribution in [0.4, 0.5) is 0 Å². The average Bonchev–Trinajstić information content (AvgIpc) is 2.57. The van der Waals surface area contributed by atoms with Gasteiger partial charge in [0, 0.05) is 4.32 Å². The molecule has 0 aliphatic heterocycles. The van der Waals surface area contributed by atoms with E-state index in [0.29, 0.717) is 5.92 Å². The van der Waals surface area contributed by atoms with E-state index in [9.17, 15) is 0 Å². The van der Waals surface area contributed by atoms with E-state index in [-0.39, 0.29) is 10.5 Å². The van der Waals surface area contributed by atoms with Crippen LogP contribution in [0.25, 0.3) is 0 Å². The number of rotatable bonds is 14. The highest BCUT2D eigenvalue weighted by atomic mass is 79.9. The van der Waals surface area contributed by atoms with Crippen molar-refractivity contribution in [2.75, 3.05) is 0 Å². The molecular formula is C23H42BrN. The third-order valence-corrected chi connectivity index (χ3v) is 6.47. The van der Waals surface area contributed by atoms with Gasteiger partial charge in [-0.15, -0.1) is 0 Å². The second-order valence-corrected chi connectivity index (χ2v) is 9.62. The van der Waals surface area contributed by atoms with Crippen LogP contribution in [0.3, 0.4) is 0 Å². The van der Waals surface area contributed by atoms with Crippen LogP contribution in [0.1, 0.15) is 97.0 Å². The first-order valence-corrected chi connectivity index (χ1v) is 11.1. The predicted molar refractivity (Wildman–Crippen MR) is 118 cm³/mol. The summed E-state index contributed by atoms with van der Waals surface area (Å²) < 4.78 is 0.216. The molecule has 2 heteroatoms. The highest BCUT2D eigenvalue weighted by Gasteiger charge is 2.27. The smallest absolute Gasteiger partial charge is 0.0295 e. The Labute approximate surface area is 166 Å². The lowest BCUT2D eigenvalue weighted by Crippen LogP contribution is -2.28. The van der Waals surface area contributed by atoms with Gasteiger partial charge < -0.3 is 6.15 Å². The van der Waals surface area contributed by atoms with Crippen LogP contribution in [-0.4, -0.2) is 4.32 Å². The van der Waals surface area contributed by atoms with Crippen LogP contribution < -0.4 is 6.15 Å². The zero-order valence-electron chi connectivity index (χ0n) is 17.0. The summed E-state index contributed by atoms with van der Waals surface area (Å²) >= 11 is 4.01. The van der Waals surface area contributed by atoms with Gasteiger partial charge in [0.25, 0.3) is 0 Å². The van der Waals surface area contributed by atoms with Crippen molar-refractivity contribution in [3.63, 3.8) is 0 Å². The van der Waals surface area contributed by atoms with Gasteiger partial charge in [0.2, 0.25) is 0 Å². The monoisotopic (exact) mass is 411 g/mol. The first-order chi connectivity index (χ1) is 11.6. The summed E-state index contributed by atoms with van der Waals surface area (Å²) in [6, 6.07) is 10.9. The summed E-state index contributed by atoms with van der Waals surface area (Å²) in [6.45, 7) is 7.06. The maximum Gasteiger partial charge on any atom is 0.0295 e. The van der Waals surface area contributed by atoms with Crippen LogP contribution in [0.5, 0.6) is 0 Å². The van der Waals surface area contributed by atoms with Crippen molar-refractivity contribution in [1.82, 2.24) is 6.15 Å². The molecule has 1 nitrogen and oxygen atoms in total. The quantitative estimate of drug-likeness (QED) is 0.241. The summed E-state index contributed by atoms with van der Waals surface area (Å²) in [6.07, 6.45) is 16.7. The molecule has 1 rings (SSSR count). The van der Waals surface area contributed by atoms with Crippen molar-refractivity contribution in [2.45, 2.75) is 102 Å². The fraction of sp³-hybridized carbons (Fsp3) is 0.739. The van der Waals surface area contributed by atoms with Gasteiger partial charge in [-0.2, -0.15) is 0 Å². The minimum Gasteiger partial charge on any atom is -0.344 e. The van der Waals surface area contributed by atoms with Crippen molar-refractivity contribution in [1.29, 1.82) is 0 Å². The molecule has 146 valence electrons. The number of unbranched alkanes of at least 4 members (excludes halogenated alkanes) is 9. The van der Waals surface area contributed by atoms with Gasteiger partial charge in [-0.3, -0.25) is 0 Å². The van der Waals surface area contributed by atoms with E-state index >= 15 is 0 Å². The second-order valence-electron chi connectivity index (χ2n) is 7.81. The maximum absolute atomic E-state index is 4.01. The lowest BCUT2D eigenvalue weighted by Gasteiger charge is -2.30. The molecule has 0 spiro atoms. The van der Waals surface area contributed by atoms with E-state index in [1.54, 1.807) is 0 Å². The van der Waals surface area contributed by atoms with Crippen molar-refractivity contribution in [2.24, 2.45) is 5.92 Å². The SMILES string of the molecule is CCCCCCCCCCCCC(C)C(C)(Br)Cc1ccccc1.N. The number of benzene rings is 1. The van der Waals surface area contributed by atoms with Gasteiger partial charge in [0.1, 0.15) is 0 Å². The topological polar surface area (TPSA) is 35.0 Å². The van der Waals surface area contributed by atoms with Crippen molar-refractivity contribution >= 4 is 15.9 Å². The van der Waals surface area contributed by atoms with E-state index in [4.69, 9.17) is 0 Å². The summed E-state index contributed by atoms with van der Waals surface area (Å²) in [5.74, 6) is 0.715. The Hall–Kier alpha value is -0.340. The lowest BCUT2D eigenvalue weighted by molar-refractivity contribution is 0.391. The van der Waals surface area contributed by atoms with Crippen molar-refractivity contribution < 1.29 is 0 Å². The van der Waals surface area contributed by atoms with Crippen LogP contribution in [0.2, 0.25) is 0 Å². The fourth-order valence-electron chi connectivity index (χ4n) is 3.41. The molecule has 2 unspecified atom stereocenters. The molecule has 0 aromatic heterocycles. The van der Waals surface area contributed by atoms with Gasteiger partial charge in [-0.1, -0.05) is 124 Å². The van der Waals surface area contributed by atoms with E-state index in [1.165, 1.54) is 76.2 Å². The third-order valence-electron chi connectivity index (χ3n) is 5.41. The largest absolute Gasteiger partial charge is 0.344 e. The predicted octanol–water partition coefficient (Wildman–Crippen LogP) is 8.49. The lowest BCUT2D eigenvalue weighted by atomic mass is 9.86. The van der Waals surface area contributed by atoms with Crippen LogP contribution >= 0.6 is 15.9 Å². The Kier molecular flexibility index (Phi) is 14.6. The van der Waals surface area contributed by atoms with E-state index in [2.05, 4.69) is 67.0 Å². The fourth-order valence-corrected chi connectivity index (χ4v) is 3.96. The number of alkyl halides is 1. The molecule has 0 fully saturated rings. The highest BCUT2D eigenvalue weighted by Crippen LogP contribution is 2.34. The van der Waals surface area contributed by atoms with E-state index in [1.807, 2.05) is 0 Å². The van der Waals surface area contributed by atoms with E-state index in [0.717, 1.165) is 6.42 Å². The molecule has 0 bridgehead atoms. The molecule has 0 heterocycles. The third kappa shape index (κ3) is 11.8. The first-order valence-electron chi connectivity index (χ1n) is 10.3. The molecule has 25 heavy (non-hydrogen) atoms. The molecule has 0 saturated heterocycles. The standard InChI is InChI=1S/C23H39Br.H3N/c1-4-5-6-7-8-9-10-11-12-14-17-21(2)23(3,24)20-22-18-15-13-16-19-22;/h13,15-16,18-19,21H,4-12,14,17,20H2,1-3H3;1H3. The van der Waals surface area contributed by atoms with E-state index < -0.39 is 0 Å². The van der Waals surface area contributed by atoms with Gasteiger partial charge in [0.05, 0.1) is 0 Å². The molecule has 2 atom stereocenters. The van der Waals surface area contributed by atoms with Crippen LogP contribution in [0.15, 0.2) is 30.3 Å². The number of halogens is 1. The molecule has 3 N–H and O–H groups in total. The average molecular weight is 413 g/mol. The maximum atomic E-state index is 4.01. The minimum atomic E-state index is 0.